The largest absolute Gasteiger partial charge is 0.345 e. The van der Waals surface area contributed by atoms with E-state index < -0.39 is 14.1 Å². The van der Waals surface area contributed by atoms with Crippen LogP contribution in [0.25, 0.3) is 0 Å². The van der Waals surface area contributed by atoms with Gasteiger partial charge in [0.1, 0.15) is 0 Å². The zero-order valence-electron chi connectivity index (χ0n) is 10.9. The zero-order chi connectivity index (χ0) is 12.3. The third-order valence-electron chi connectivity index (χ3n) is 3.37. The molecule has 0 aliphatic rings. The van der Waals surface area contributed by atoms with Gasteiger partial charge in [0.25, 0.3) is 0 Å². The third kappa shape index (κ3) is 3.00. The molecule has 0 spiro atoms. The Morgan fingerprint density at radius 3 is 1.41 bits per heavy atom. The highest BCUT2D eigenvalue weighted by atomic mass is 27.2. The fraction of sp³-hybridized carbons (Fsp3) is 0.250. The molecule has 0 nitrogen and oxygen atoms in total. The average molecular weight is 240 g/mol. The van der Waals surface area contributed by atoms with Gasteiger partial charge in [-0.1, -0.05) is 71.9 Å². The molecule has 2 aromatic carbocycles. The Kier molecular flexibility index (Phi) is 4.05. The predicted octanol–water partition coefficient (Wildman–Crippen LogP) is 3.18. The molecule has 0 saturated heterocycles. The smallest absolute Gasteiger partial charge is 0.104 e. The fourth-order valence-electron chi connectivity index (χ4n) is 2.26. The molecule has 0 amide bonds. The maximum atomic E-state index is 2.32. The fourth-order valence-corrected chi connectivity index (χ4v) is 4.90. The normalized spacial score (nSPS) is 10.3. The number of aryl methyl sites for hydroxylation is 2. The molecular formula is C16H21Al. The van der Waals surface area contributed by atoms with Crippen LogP contribution in [0.5, 0.6) is 0 Å². The van der Waals surface area contributed by atoms with E-state index in [-0.39, 0.29) is 1.43 Å². The predicted molar refractivity (Wildman–Crippen MR) is 80.0 cm³/mol. The number of hydrogen-bond acceptors (Lipinski definition) is 0. The molecule has 1 heteroatoms. The first-order valence-corrected chi connectivity index (χ1v) is 8.31. The van der Waals surface area contributed by atoms with Gasteiger partial charge in [-0.15, -0.1) is 8.85 Å². The molecule has 0 bridgehead atoms. The zero-order valence-corrected chi connectivity index (χ0v) is 12.1. The van der Waals surface area contributed by atoms with Gasteiger partial charge >= 0.3 is 14.1 Å². The minimum absolute atomic E-state index is 0. The maximum Gasteiger partial charge on any atom is 0.345 e. The van der Waals surface area contributed by atoms with Gasteiger partial charge < -0.3 is 0 Å². The Morgan fingerprint density at radius 1 is 0.765 bits per heavy atom. The van der Waals surface area contributed by atoms with E-state index >= 15 is 0 Å². The quantitative estimate of drug-likeness (QED) is 0.723. The van der Waals surface area contributed by atoms with Crippen LogP contribution in [0.1, 0.15) is 19.5 Å². The topological polar surface area (TPSA) is 0 Å². The van der Waals surface area contributed by atoms with E-state index in [0.29, 0.717) is 0 Å². The van der Waals surface area contributed by atoms with Crippen molar-refractivity contribution in [1.82, 2.24) is 0 Å². The summed E-state index contributed by atoms with van der Waals surface area (Å²) >= 11 is -0.971. The van der Waals surface area contributed by atoms with Crippen molar-refractivity contribution in [2.45, 2.75) is 26.1 Å². The molecule has 0 aromatic heterocycles. The van der Waals surface area contributed by atoms with Crippen LogP contribution in [0.2, 0.25) is 5.28 Å². The second kappa shape index (κ2) is 5.54. The van der Waals surface area contributed by atoms with E-state index in [9.17, 15) is 0 Å². The second-order valence-electron chi connectivity index (χ2n) is 4.78. The van der Waals surface area contributed by atoms with E-state index in [0.717, 1.165) is 0 Å². The Labute approximate surface area is 110 Å². The molecule has 0 saturated carbocycles. The van der Waals surface area contributed by atoms with Gasteiger partial charge in [-0.25, -0.2) is 0 Å². The molecular weight excluding hydrogens is 219 g/mol. The summed E-state index contributed by atoms with van der Waals surface area (Å²) in [6.45, 7) is 6.62. The Bertz CT molecular complexity index is 428. The minimum atomic E-state index is -0.971. The van der Waals surface area contributed by atoms with Gasteiger partial charge in [-0.2, -0.15) is 0 Å². The SMILES string of the molecule is C[CH2][Al]([c]1ccc(C)cc1)[c]1ccc(C)cc1.[HH]. The summed E-state index contributed by atoms with van der Waals surface area (Å²) < 4.78 is 3.11. The van der Waals surface area contributed by atoms with Crippen molar-refractivity contribution in [2.24, 2.45) is 0 Å². The number of hydrogen-bond donors (Lipinski definition) is 0. The minimum Gasteiger partial charge on any atom is -0.104 e. The molecule has 0 N–H and O–H groups in total. The summed E-state index contributed by atoms with van der Waals surface area (Å²) in [5.74, 6) is 0. The van der Waals surface area contributed by atoms with Crippen LogP contribution in [0, 0.1) is 13.8 Å². The Morgan fingerprint density at radius 2 is 1.12 bits per heavy atom. The maximum absolute atomic E-state index is 2.32. The van der Waals surface area contributed by atoms with Crippen LogP contribution in [-0.4, -0.2) is 14.1 Å². The highest BCUT2D eigenvalue weighted by Gasteiger charge is 2.19. The molecule has 17 heavy (non-hydrogen) atoms. The van der Waals surface area contributed by atoms with Crippen LogP contribution in [0.4, 0.5) is 0 Å². The van der Waals surface area contributed by atoms with Crippen molar-refractivity contribution < 1.29 is 1.43 Å². The van der Waals surface area contributed by atoms with Crippen LogP contribution in [-0.2, 0) is 0 Å². The monoisotopic (exact) mass is 240 g/mol. The lowest BCUT2D eigenvalue weighted by Gasteiger charge is -2.11. The molecule has 0 heterocycles. The number of benzene rings is 2. The standard InChI is InChI=1S/2C7H7.C2H5.Al.H2/c2*1-7-5-3-2-4-6-7;1-2;;/h2*3-6H,1H3;1H2,2H3;;1H. The van der Waals surface area contributed by atoms with E-state index in [1.165, 1.54) is 16.4 Å². The second-order valence-corrected chi connectivity index (χ2v) is 8.04. The first-order chi connectivity index (χ1) is 8.20. The molecule has 0 aliphatic heterocycles. The highest BCUT2D eigenvalue weighted by Crippen LogP contribution is 2.01. The van der Waals surface area contributed by atoms with E-state index in [2.05, 4.69) is 69.3 Å². The highest BCUT2D eigenvalue weighted by molar-refractivity contribution is 6.85. The summed E-state index contributed by atoms with van der Waals surface area (Å²) in [5.41, 5.74) is 2.70. The Hall–Kier alpha value is -1.03. The first kappa shape index (κ1) is 12.4. The molecule has 0 radical (unpaired) electrons. The van der Waals surface area contributed by atoms with Gasteiger partial charge in [-0.05, 0) is 13.8 Å². The lowest BCUT2D eigenvalue weighted by molar-refractivity contribution is 1.42. The van der Waals surface area contributed by atoms with Crippen molar-refractivity contribution in [3.05, 3.63) is 59.7 Å². The van der Waals surface area contributed by atoms with E-state index in [4.69, 9.17) is 0 Å². The summed E-state index contributed by atoms with van der Waals surface area (Å²) in [7, 11) is 0. The van der Waals surface area contributed by atoms with Crippen molar-refractivity contribution in [3.63, 3.8) is 0 Å². The first-order valence-electron chi connectivity index (χ1n) is 6.34. The van der Waals surface area contributed by atoms with Gasteiger partial charge in [0.15, 0.2) is 0 Å². The summed E-state index contributed by atoms with van der Waals surface area (Å²) in [6.07, 6.45) is 0. The van der Waals surface area contributed by atoms with Crippen LogP contribution in [0.15, 0.2) is 48.5 Å². The molecule has 0 aliphatic carbocycles. The molecule has 0 fully saturated rings. The third-order valence-corrected chi connectivity index (χ3v) is 6.56. The molecule has 88 valence electrons. The van der Waals surface area contributed by atoms with Crippen molar-refractivity contribution in [2.75, 3.05) is 0 Å². The lowest BCUT2D eigenvalue weighted by Crippen LogP contribution is -2.41. The summed E-state index contributed by atoms with van der Waals surface area (Å²) in [4.78, 5) is 0. The lowest BCUT2D eigenvalue weighted by atomic mass is 10.2. The average Bonchev–Trinajstić information content (AvgIpc) is 2.35. The number of rotatable bonds is 3. The van der Waals surface area contributed by atoms with Gasteiger partial charge in [0.2, 0.25) is 0 Å². The van der Waals surface area contributed by atoms with Crippen molar-refractivity contribution in [1.29, 1.82) is 0 Å². The van der Waals surface area contributed by atoms with Gasteiger partial charge in [-0.3, -0.25) is 0 Å². The summed E-state index contributed by atoms with van der Waals surface area (Å²) in [6, 6.07) is 18.2. The van der Waals surface area contributed by atoms with Crippen LogP contribution in [0.3, 0.4) is 0 Å². The van der Waals surface area contributed by atoms with Crippen molar-refractivity contribution in [3.8, 4) is 0 Å². The van der Waals surface area contributed by atoms with Crippen molar-refractivity contribution >= 4 is 23.0 Å². The molecule has 0 unspecified atom stereocenters. The molecule has 2 rings (SSSR count). The van der Waals surface area contributed by atoms with E-state index in [1.54, 1.807) is 8.85 Å². The van der Waals surface area contributed by atoms with Crippen LogP contribution < -0.4 is 8.85 Å². The molecule has 2 aromatic rings. The Balaban J connectivity index is 0.00000162. The van der Waals surface area contributed by atoms with E-state index in [1.807, 2.05) is 0 Å². The summed E-state index contributed by atoms with van der Waals surface area (Å²) in [5, 5.41) is 1.28. The molecule has 0 atom stereocenters. The van der Waals surface area contributed by atoms with Crippen LogP contribution >= 0.6 is 0 Å². The van der Waals surface area contributed by atoms with Gasteiger partial charge in [0, 0.05) is 1.43 Å². The van der Waals surface area contributed by atoms with Gasteiger partial charge in [0.05, 0.1) is 0 Å².